The number of ether oxygens (including phenoxy) is 3. The summed E-state index contributed by atoms with van der Waals surface area (Å²) in [6.45, 7) is 18.6. The number of aliphatic carboxylic acids is 2. The number of carbonyl (C=O) groups is 4. The molecule has 0 aliphatic heterocycles. The van der Waals surface area contributed by atoms with Crippen molar-refractivity contribution in [2.75, 3.05) is 26.4 Å². The van der Waals surface area contributed by atoms with Crippen molar-refractivity contribution in [3.8, 4) is 0 Å². The lowest BCUT2D eigenvalue weighted by molar-refractivity contribution is -0.156. The molecular weight excluding hydrogens is 492 g/mol. The quantitative estimate of drug-likeness (QED) is 0.134. The zero-order chi connectivity index (χ0) is 29.8. The smallest absolute Gasteiger partial charge is 0.317 e. The maximum absolute atomic E-state index is 11.5. The average Bonchev–Trinajstić information content (AvgIpc) is 2.90. The largest absolute Gasteiger partial charge is 0.481 e. The molecule has 0 aliphatic carbocycles. The second-order valence-electron chi connectivity index (χ2n) is 10.3. The predicted molar refractivity (Wildman–Crippen MR) is 147 cm³/mol. The van der Waals surface area contributed by atoms with Gasteiger partial charge in [0.05, 0.1) is 26.4 Å². The summed E-state index contributed by atoms with van der Waals surface area (Å²) in [6.07, 6.45) is 6.54. The van der Waals surface area contributed by atoms with Crippen molar-refractivity contribution in [1.29, 1.82) is 0 Å². The molecule has 0 spiro atoms. The molecule has 2 N–H and O–H groups in total. The summed E-state index contributed by atoms with van der Waals surface area (Å²) < 4.78 is 16.2. The molecule has 0 unspecified atom stereocenters. The first-order valence-electron chi connectivity index (χ1n) is 14.1. The van der Waals surface area contributed by atoms with E-state index < -0.39 is 36.7 Å². The van der Waals surface area contributed by atoms with E-state index in [9.17, 15) is 19.2 Å². The lowest BCUT2D eigenvalue weighted by Crippen LogP contribution is -2.35. The summed E-state index contributed by atoms with van der Waals surface area (Å²) in [4.78, 5) is 43.3. The minimum absolute atomic E-state index is 0.00810. The topological polar surface area (TPSA) is 136 Å². The molecule has 0 saturated heterocycles. The van der Waals surface area contributed by atoms with Crippen LogP contribution in [0.25, 0.3) is 0 Å². The Balaban J connectivity index is 0. The number of carboxylic acid groups (broad SMARTS) is 2. The van der Waals surface area contributed by atoms with Gasteiger partial charge in [-0.25, -0.2) is 0 Å². The maximum atomic E-state index is 11.5. The molecule has 0 aromatic rings. The number of carboxylic acids is 2. The highest BCUT2D eigenvalue weighted by Gasteiger charge is 2.31. The van der Waals surface area contributed by atoms with Gasteiger partial charge in [0.15, 0.2) is 0 Å². The fourth-order valence-corrected chi connectivity index (χ4v) is 4.11. The predicted octanol–water partition coefficient (Wildman–Crippen LogP) is 6.26. The van der Waals surface area contributed by atoms with E-state index in [1.807, 2.05) is 13.8 Å². The summed E-state index contributed by atoms with van der Waals surface area (Å²) >= 11 is 0. The van der Waals surface area contributed by atoms with Crippen LogP contribution >= 0.6 is 0 Å². The highest BCUT2D eigenvalue weighted by atomic mass is 16.5. The van der Waals surface area contributed by atoms with Gasteiger partial charge in [0.25, 0.3) is 0 Å². The van der Waals surface area contributed by atoms with Gasteiger partial charge in [-0.1, -0.05) is 55.4 Å². The maximum Gasteiger partial charge on any atom is 0.317 e. The van der Waals surface area contributed by atoms with Crippen molar-refractivity contribution in [3.63, 3.8) is 0 Å². The lowest BCUT2D eigenvalue weighted by atomic mass is 9.80. The van der Waals surface area contributed by atoms with Gasteiger partial charge < -0.3 is 24.4 Å². The van der Waals surface area contributed by atoms with Crippen LogP contribution in [-0.4, -0.2) is 60.5 Å². The van der Waals surface area contributed by atoms with Crippen LogP contribution in [0.3, 0.4) is 0 Å². The van der Waals surface area contributed by atoms with E-state index in [0.29, 0.717) is 19.8 Å². The molecule has 0 fully saturated rings. The van der Waals surface area contributed by atoms with Crippen molar-refractivity contribution in [2.24, 2.45) is 16.2 Å². The highest BCUT2D eigenvalue weighted by Crippen LogP contribution is 2.33. The fourth-order valence-electron chi connectivity index (χ4n) is 4.11. The Hall–Kier alpha value is -2.16. The van der Waals surface area contributed by atoms with Gasteiger partial charge in [-0.05, 0) is 56.8 Å². The zero-order valence-electron chi connectivity index (χ0n) is 25.2. The molecule has 0 aromatic carbocycles. The first kappa shape index (κ1) is 38.0. The molecule has 0 bridgehead atoms. The molecule has 0 aliphatic rings. The zero-order valence-corrected chi connectivity index (χ0v) is 25.2. The van der Waals surface area contributed by atoms with Crippen molar-refractivity contribution >= 4 is 23.9 Å². The molecule has 0 saturated carbocycles. The molecule has 0 rings (SSSR count). The van der Waals surface area contributed by atoms with Gasteiger partial charge in [-0.15, -0.1) is 0 Å². The van der Waals surface area contributed by atoms with Gasteiger partial charge in [-0.2, -0.15) is 0 Å². The van der Waals surface area contributed by atoms with Crippen LogP contribution in [0.5, 0.6) is 0 Å². The number of esters is 2. The number of rotatable bonds is 20. The van der Waals surface area contributed by atoms with E-state index in [1.165, 1.54) is 0 Å². The Kier molecular flexibility index (Phi) is 19.8. The third kappa shape index (κ3) is 14.7. The molecule has 0 aromatic heterocycles. The lowest BCUT2D eigenvalue weighted by Gasteiger charge is -2.35. The Bertz CT molecular complexity index is 674. The third-order valence-corrected chi connectivity index (χ3v) is 8.49. The molecule has 0 radical (unpaired) electrons. The minimum atomic E-state index is -1.16. The van der Waals surface area contributed by atoms with Crippen LogP contribution in [0.2, 0.25) is 0 Å². The number of hydrogen-bond acceptors (Lipinski definition) is 7. The van der Waals surface area contributed by atoms with Crippen molar-refractivity contribution in [3.05, 3.63) is 0 Å². The first-order chi connectivity index (χ1) is 17.8. The summed E-state index contributed by atoms with van der Waals surface area (Å²) in [5.41, 5.74) is -0.0174. The first-order valence-corrected chi connectivity index (χ1v) is 14.1. The van der Waals surface area contributed by atoms with Crippen LogP contribution in [0.4, 0.5) is 0 Å². The molecular formula is C29H54O9. The van der Waals surface area contributed by atoms with Crippen LogP contribution in [-0.2, 0) is 33.4 Å². The normalized spacial score (nSPS) is 11.8. The standard InChI is InChI=1S/C18H34O5.C11H20O4/c1-6-17(7-2,8-3)12-22-13-18(9-4,10-5)14-23-16(21)11-15(19)20;1-4-11(5-2,6-3)8-15-10(14)7-9(12)13/h6-14H2,1-5H3,(H,19,20);4-8H2,1-3H3,(H,12,13). The summed E-state index contributed by atoms with van der Waals surface area (Å²) in [5.74, 6) is -3.64. The third-order valence-electron chi connectivity index (χ3n) is 8.49. The van der Waals surface area contributed by atoms with E-state index in [2.05, 4.69) is 41.5 Å². The highest BCUT2D eigenvalue weighted by molar-refractivity contribution is 5.90. The fraction of sp³-hybridized carbons (Fsp3) is 0.862. The summed E-state index contributed by atoms with van der Waals surface area (Å²) in [7, 11) is 0. The van der Waals surface area contributed by atoms with Gasteiger partial charge in [0, 0.05) is 10.8 Å². The minimum Gasteiger partial charge on any atom is -0.481 e. The second kappa shape index (κ2) is 19.8. The Labute approximate surface area is 230 Å². The van der Waals surface area contributed by atoms with Crippen LogP contribution in [0.1, 0.15) is 120 Å². The second-order valence-corrected chi connectivity index (χ2v) is 10.3. The Morgan fingerprint density at radius 1 is 0.474 bits per heavy atom. The molecule has 0 atom stereocenters. The van der Waals surface area contributed by atoms with Crippen LogP contribution in [0, 0.1) is 16.2 Å². The van der Waals surface area contributed by atoms with Crippen molar-refractivity contribution < 1.29 is 43.6 Å². The molecule has 0 heterocycles. The van der Waals surface area contributed by atoms with Gasteiger partial charge in [0.1, 0.15) is 12.8 Å². The van der Waals surface area contributed by atoms with Crippen molar-refractivity contribution in [1.82, 2.24) is 0 Å². The van der Waals surface area contributed by atoms with Crippen LogP contribution < -0.4 is 0 Å². The molecule has 224 valence electrons. The number of carbonyl (C=O) groups excluding carboxylic acids is 2. The molecule has 38 heavy (non-hydrogen) atoms. The molecule has 0 amide bonds. The summed E-state index contributed by atoms with van der Waals surface area (Å²) in [5, 5.41) is 17.0. The van der Waals surface area contributed by atoms with Gasteiger partial charge >= 0.3 is 23.9 Å². The van der Waals surface area contributed by atoms with E-state index in [-0.39, 0.29) is 22.9 Å². The summed E-state index contributed by atoms with van der Waals surface area (Å²) in [6, 6.07) is 0. The number of hydrogen-bond donors (Lipinski definition) is 2. The van der Waals surface area contributed by atoms with Gasteiger partial charge in [0.2, 0.25) is 0 Å². The van der Waals surface area contributed by atoms with E-state index in [1.54, 1.807) is 0 Å². The van der Waals surface area contributed by atoms with E-state index in [4.69, 9.17) is 24.4 Å². The van der Waals surface area contributed by atoms with Crippen molar-refractivity contribution in [2.45, 2.75) is 120 Å². The molecule has 9 nitrogen and oxygen atoms in total. The SMILES string of the molecule is CCC(CC)(CC)COC(=O)CC(=O)O.CCC(CC)(CC)COCC(CC)(CC)COC(=O)CC(=O)O. The van der Waals surface area contributed by atoms with Gasteiger partial charge in [-0.3, -0.25) is 19.2 Å². The Morgan fingerprint density at radius 3 is 1.03 bits per heavy atom. The average molecular weight is 547 g/mol. The Morgan fingerprint density at radius 2 is 0.737 bits per heavy atom. The monoisotopic (exact) mass is 546 g/mol. The van der Waals surface area contributed by atoms with Crippen LogP contribution in [0.15, 0.2) is 0 Å². The van der Waals surface area contributed by atoms with E-state index in [0.717, 1.165) is 51.4 Å². The molecule has 9 heteroatoms. The van der Waals surface area contributed by atoms with E-state index >= 15 is 0 Å².